The molecule has 0 saturated carbocycles. The molecular weight excluding hydrogens is 492 g/mol. The first-order valence-corrected chi connectivity index (χ1v) is 11.6. The highest BCUT2D eigenvalue weighted by Crippen LogP contribution is 2.43. The van der Waals surface area contributed by atoms with Gasteiger partial charge in [0.2, 0.25) is 0 Å². The van der Waals surface area contributed by atoms with Gasteiger partial charge in [-0.05, 0) is 80.4 Å². The van der Waals surface area contributed by atoms with Gasteiger partial charge in [0, 0.05) is 11.3 Å². The van der Waals surface area contributed by atoms with Crippen LogP contribution in [0.1, 0.15) is 36.6 Å². The van der Waals surface area contributed by atoms with Crippen LogP contribution in [-0.4, -0.2) is 22.9 Å². The van der Waals surface area contributed by atoms with Crippen LogP contribution < -0.4 is 9.64 Å². The largest absolute Gasteiger partial charge is 0.507 e. The fourth-order valence-electron chi connectivity index (χ4n) is 4.03. The number of aliphatic hydroxyl groups is 1. The van der Waals surface area contributed by atoms with Crippen LogP contribution in [0.2, 0.25) is 10.0 Å². The van der Waals surface area contributed by atoms with Gasteiger partial charge in [-0.25, -0.2) is 4.39 Å². The number of hydrogen-bond donors (Lipinski definition) is 1. The zero-order valence-corrected chi connectivity index (χ0v) is 20.7. The molecule has 0 bridgehead atoms. The Morgan fingerprint density at radius 1 is 1.00 bits per heavy atom. The number of aliphatic hydroxyl groups excluding tert-OH is 1. The second-order valence-electron chi connectivity index (χ2n) is 8.47. The maximum Gasteiger partial charge on any atom is 0.300 e. The van der Waals surface area contributed by atoms with E-state index in [4.69, 9.17) is 27.9 Å². The number of benzene rings is 3. The van der Waals surface area contributed by atoms with Crippen molar-refractivity contribution >= 4 is 46.3 Å². The van der Waals surface area contributed by atoms with Gasteiger partial charge in [0.1, 0.15) is 17.3 Å². The molecule has 1 saturated heterocycles. The van der Waals surface area contributed by atoms with Gasteiger partial charge in [-0.1, -0.05) is 35.3 Å². The Kier molecular flexibility index (Phi) is 6.88. The second-order valence-corrected chi connectivity index (χ2v) is 9.28. The standard InChI is InChI=1S/C27H22Cl2FNO4/c1-14(2)35-22-11-6-17(12-15(22)3)25(32)23-24(16-4-7-18(30)8-5-16)31(27(34)26(23)33)19-9-10-20(28)21(29)13-19/h4-14,24,32H,1-3H3/b25-23+. The van der Waals surface area contributed by atoms with Crippen molar-refractivity contribution in [3.05, 3.63) is 98.8 Å². The summed E-state index contributed by atoms with van der Waals surface area (Å²) in [4.78, 5) is 27.7. The molecular formula is C27H22Cl2FNO4. The van der Waals surface area contributed by atoms with Crippen LogP contribution in [0.5, 0.6) is 5.75 Å². The Bertz CT molecular complexity index is 1350. The van der Waals surface area contributed by atoms with Gasteiger partial charge in [0.15, 0.2) is 0 Å². The summed E-state index contributed by atoms with van der Waals surface area (Å²) in [5, 5.41) is 11.7. The fourth-order valence-corrected chi connectivity index (χ4v) is 4.32. The number of anilines is 1. The molecule has 35 heavy (non-hydrogen) atoms. The molecule has 3 aromatic rings. The van der Waals surface area contributed by atoms with Crippen molar-refractivity contribution in [1.29, 1.82) is 0 Å². The minimum absolute atomic E-state index is 0.0388. The van der Waals surface area contributed by atoms with Crippen molar-refractivity contribution in [2.45, 2.75) is 32.9 Å². The number of ketones is 1. The first-order valence-electron chi connectivity index (χ1n) is 10.9. The van der Waals surface area contributed by atoms with Crippen LogP contribution >= 0.6 is 23.2 Å². The lowest BCUT2D eigenvalue weighted by atomic mass is 9.94. The van der Waals surface area contributed by atoms with E-state index in [9.17, 15) is 19.1 Å². The molecule has 0 spiro atoms. The van der Waals surface area contributed by atoms with E-state index in [-0.39, 0.29) is 27.5 Å². The highest BCUT2D eigenvalue weighted by molar-refractivity contribution is 6.52. The fraction of sp³-hybridized carbons (Fsp3) is 0.185. The monoisotopic (exact) mass is 513 g/mol. The third-order valence-electron chi connectivity index (χ3n) is 5.62. The number of carbonyl (C=O) groups excluding carboxylic acids is 2. The van der Waals surface area contributed by atoms with E-state index in [1.54, 1.807) is 24.3 Å². The Labute approximate surface area is 212 Å². The normalized spacial score (nSPS) is 17.3. The first kappa shape index (κ1) is 24.8. The summed E-state index contributed by atoms with van der Waals surface area (Å²) in [6.45, 7) is 5.63. The molecule has 1 fully saturated rings. The smallest absolute Gasteiger partial charge is 0.300 e. The molecule has 0 aliphatic carbocycles. The number of rotatable bonds is 5. The van der Waals surface area contributed by atoms with E-state index >= 15 is 0 Å². The lowest BCUT2D eigenvalue weighted by molar-refractivity contribution is -0.132. The zero-order valence-electron chi connectivity index (χ0n) is 19.2. The molecule has 1 amide bonds. The summed E-state index contributed by atoms with van der Waals surface area (Å²) >= 11 is 12.2. The van der Waals surface area contributed by atoms with Crippen molar-refractivity contribution in [3.63, 3.8) is 0 Å². The molecule has 1 aliphatic heterocycles. The van der Waals surface area contributed by atoms with Gasteiger partial charge in [0.25, 0.3) is 11.7 Å². The number of carbonyl (C=O) groups is 2. The zero-order chi connectivity index (χ0) is 25.4. The molecule has 1 unspecified atom stereocenters. The lowest BCUT2D eigenvalue weighted by Crippen LogP contribution is -2.29. The average Bonchev–Trinajstić information content (AvgIpc) is 3.07. The van der Waals surface area contributed by atoms with Gasteiger partial charge in [-0.15, -0.1) is 0 Å². The molecule has 0 radical (unpaired) electrons. The van der Waals surface area contributed by atoms with E-state index in [1.807, 2.05) is 20.8 Å². The van der Waals surface area contributed by atoms with Crippen molar-refractivity contribution < 1.29 is 23.8 Å². The summed E-state index contributed by atoms with van der Waals surface area (Å²) < 4.78 is 19.4. The average molecular weight is 514 g/mol. The van der Waals surface area contributed by atoms with Crippen LogP contribution in [0.4, 0.5) is 10.1 Å². The topological polar surface area (TPSA) is 66.8 Å². The Morgan fingerprint density at radius 3 is 2.29 bits per heavy atom. The van der Waals surface area contributed by atoms with Crippen molar-refractivity contribution in [1.82, 2.24) is 0 Å². The first-order chi connectivity index (χ1) is 16.6. The number of hydrogen-bond acceptors (Lipinski definition) is 4. The van der Waals surface area contributed by atoms with Gasteiger partial charge in [-0.3, -0.25) is 14.5 Å². The minimum atomic E-state index is -1.01. The number of nitrogens with zero attached hydrogens (tertiary/aromatic N) is 1. The molecule has 8 heteroatoms. The SMILES string of the molecule is Cc1cc(/C(O)=C2\C(=O)C(=O)N(c3ccc(Cl)c(Cl)c3)C2c2ccc(F)cc2)ccc1OC(C)C. The maximum absolute atomic E-state index is 13.7. The van der Waals surface area contributed by atoms with Crippen LogP contribution in [0.15, 0.2) is 66.2 Å². The van der Waals surface area contributed by atoms with Crippen molar-refractivity contribution in [3.8, 4) is 5.75 Å². The molecule has 1 atom stereocenters. The van der Waals surface area contributed by atoms with Crippen LogP contribution in [0.3, 0.4) is 0 Å². The summed E-state index contributed by atoms with van der Waals surface area (Å²) in [5.41, 5.74) is 1.73. The number of Topliss-reactive ketones (excluding diaryl/α,β-unsaturated/α-hetero) is 1. The van der Waals surface area contributed by atoms with E-state index < -0.39 is 23.5 Å². The van der Waals surface area contributed by atoms with Crippen molar-refractivity contribution in [2.75, 3.05) is 4.90 Å². The maximum atomic E-state index is 13.7. The van der Waals surface area contributed by atoms with E-state index in [0.29, 0.717) is 22.6 Å². The van der Waals surface area contributed by atoms with E-state index in [1.165, 1.54) is 41.3 Å². The molecule has 1 heterocycles. The summed E-state index contributed by atoms with van der Waals surface area (Å²) in [7, 11) is 0. The van der Waals surface area contributed by atoms with Crippen LogP contribution in [0.25, 0.3) is 5.76 Å². The third kappa shape index (κ3) is 4.77. The molecule has 5 nitrogen and oxygen atoms in total. The second kappa shape index (κ2) is 9.72. The molecule has 1 aliphatic rings. The quantitative estimate of drug-likeness (QED) is 0.230. The molecule has 1 N–H and O–H groups in total. The third-order valence-corrected chi connectivity index (χ3v) is 6.36. The highest BCUT2D eigenvalue weighted by Gasteiger charge is 2.47. The van der Waals surface area contributed by atoms with Crippen LogP contribution in [0, 0.1) is 12.7 Å². The number of aryl methyl sites for hydroxylation is 1. The Morgan fingerprint density at radius 2 is 1.69 bits per heavy atom. The predicted octanol–water partition coefficient (Wildman–Crippen LogP) is 6.85. The molecule has 3 aromatic carbocycles. The van der Waals surface area contributed by atoms with Crippen molar-refractivity contribution in [2.24, 2.45) is 0 Å². The van der Waals surface area contributed by atoms with E-state index in [2.05, 4.69) is 0 Å². The Hall–Kier alpha value is -3.35. The van der Waals surface area contributed by atoms with Gasteiger partial charge < -0.3 is 9.84 Å². The minimum Gasteiger partial charge on any atom is -0.507 e. The van der Waals surface area contributed by atoms with Gasteiger partial charge in [0.05, 0.1) is 27.8 Å². The van der Waals surface area contributed by atoms with E-state index in [0.717, 1.165) is 5.56 Å². The predicted molar refractivity (Wildman–Crippen MR) is 135 cm³/mol. The summed E-state index contributed by atoms with van der Waals surface area (Å²) in [5.74, 6) is -1.90. The number of ether oxygens (including phenoxy) is 1. The van der Waals surface area contributed by atoms with Gasteiger partial charge >= 0.3 is 0 Å². The highest BCUT2D eigenvalue weighted by atomic mass is 35.5. The molecule has 0 aromatic heterocycles. The lowest BCUT2D eigenvalue weighted by Gasteiger charge is -2.25. The number of halogens is 3. The summed E-state index contributed by atoms with van der Waals surface area (Å²) in [6, 6.07) is 13.9. The molecule has 4 rings (SSSR count). The summed E-state index contributed by atoms with van der Waals surface area (Å²) in [6.07, 6.45) is -0.0388. The molecule has 180 valence electrons. The Balaban J connectivity index is 1.90. The number of amides is 1. The van der Waals surface area contributed by atoms with Crippen LogP contribution in [-0.2, 0) is 9.59 Å². The van der Waals surface area contributed by atoms with Gasteiger partial charge in [-0.2, -0.15) is 0 Å².